The first-order chi connectivity index (χ1) is 12.5. The van der Waals surface area contributed by atoms with Crippen LogP contribution in [0.25, 0.3) is 10.9 Å². The normalized spacial score (nSPS) is 17.3. The van der Waals surface area contributed by atoms with Crippen molar-refractivity contribution >= 4 is 22.8 Å². The molecule has 1 aliphatic heterocycles. The molecule has 0 spiro atoms. The van der Waals surface area contributed by atoms with Gasteiger partial charge in [-0.3, -0.25) is 4.79 Å². The standard InChI is InChI=1S/C16H21N3O.C2HF3O2/c1-9-10(2)19-15-13(16(17)20)6-5-12(14(9)15)11-4-3-7-18-8-11;3-2(4,5)1(6)7/h5-6,11,18-19H,3-4,7-8H2,1-2H3,(H2,17,20);(H,6,7)/t11-;/m0./s1. The highest BCUT2D eigenvalue weighted by Crippen LogP contribution is 2.34. The van der Waals surface area contributed by atoms with E-state index in [-0.39, 0.29) is 5.91 Å². The molecule has 1 atom stereocenters. The van der Waals surface area contributed by atoms with Gasteiger partial charge in [0.1, 0.15) is 0 Å². The minimum absolute atomic E-state index is 0.371. The van der Waals surface area contributed by atoms with Gasteiger partial charge in [-0.2, -0.15) is 13.2 Å². The Morgan fingerprint density at radius 2 is 1.89 bits per heavy atom. The number of primary amides is 1. The summed E-state index contributed by atoms with van der Waals surface area (Å²) in [5.74, 6) is -2.61. The number of carbonyl (C=O) groups excluding carboxylic acids is 1. The first-order valence-corrected chi connectivity index (χ1v) is 8.46. The van der Waals surface area contributed by atoms with Crippen LogP contribution in [0.4, 0.5) is 13.2 Å². The van der Waals surface area contributed by atoms with Crippen molar-refractivity contribution in [1.82, 2.24) is 10.3 Å². The van der Waals surface area contributed by atoms with Gasteiger partial charge in [-0.1, -0.05) is 6.07 Å². The summed E-state index contributed by atoms with van der Waals surface area (Å²) >= 11 is 0. The molecule has 5 N–H and O–H groups in total. The number of carboxylic acids is 1. The Kier molecular flexibility index (Phi) is 6.15. The Morgan fingerprint density at radius 1 is 1.26 bits per heavy atom. The highest BCUT2D eigenvalue weighted by Gasteiger charge is 2.38. The van der Waals surface area contributed by atoms with E-state index in [0.29, 0.717) is 11.5 Å². The Hall–Kier alpha value is -2.55. The number of aromatic amines is 1. The monoisotopic (exact) mass is 385 g/mol. The summed E-state index contributed by atoms with van der Waals surface area (Å²) in [4.78, 5) is 23.8. The number of hydrogen-bond acceptors (Lipinski definition) is 3. The van der Waals surface area contributed by atoms with Gasteiger partial charge in [0.15, 0.2) is 0 Å². The zero-order chi connectivity index (χ0) is 20.4. The molecule has 0 aliphatic carbocycles. The fourth-order valence-corrected chi connectivity index (χ4v) is 3.28. The number of H-pyrrole nitrogens is 1. The maximum atomic E-state index is 11.6. The van der Waals surface area contributed by atoms with Gasteiger partial charge >= 0.3 is 12.1 Å². The van der Waals surface area contributed by atoms with Crippen LogP contribution < -0.4 is 11.1 Å². The lowest BCUT2D eigenvalue weighted by Crippen LogP contribution is -2.28. The van der Waals surface area contributed by atoms with Gasteiger partial charge in [-0.25, -0.2) is 4.79 Å². The summed E-state index contributed by atoms with van der Waals surface area (Å²) in [6, 6.07) is 3.95. The number of amides is 1. The first-order valence-electron chi connectivity index (χ1n) is 8.46. The third-order valence-electron chi connectivity index (χ3n) is 4.73. The fourth-order valence-electron chi connectivity index (χ4n) is 3.28. The summed E-state index contributed by atoms with van der Waals surface area (Å²) in [7, 11) is 0. The molecule has 1 aromatic carbocycles. The minimum Gasteiger partial charge on any atom is -0.475 e. The molecule has 1 aromatic heterocycles. The predicted molar refractivity (Wildman–Crippen MR) is 94.8 cm³/mol. The van der Waals surface area contributed by atoms with E-state index in [1.807, 2.05) is 13.0 Å². The molecule has 3 rings (SSSR count). The van der Waals surface area contributed by atoms with Crippen molar-refractivity contribution in [2.45, 2.75) is 38.8 Å². The van der Waals surface area contributed by atoms with Crippen molar-refractivity contribution in [2.24, 2.45) is 5.73 Å². The van der Waals surface area contributed by atoms with Gasteiger partial charge in [0.25, 0.3) is 5.91 Å². The molecule has 0 unspecified atom stereocenters. The number of nitrogens with one attached hydrogen (secondary N) is 2. The number of carboxylic acid groups (broad SMARTS) is 1. The zero-order valence-corrected chi connectivity index (χ0v) is 15.0. The van der Waals surface area contributed by atoms with E-state index >= 15 is 0 Å². The fraction of sp³-hybridized carbons (Fsp3) is 0.444. The quantitative estimate of drug-likeness (QED) is 0.637. The van der Waals surface area contributed by atoms with Crippen LogP contribution in [0.3, 0.4) is 0 Å². The first kappa shape index (κ1) is 20.8. The molecular formula is C18H22F3N3O3. The minimum atomic E-state index is -5.08. The Balaban J connectivity index is 0.000000321. The number of fused-ring (bicyclic) bond motifs is 1. The van der Waals surface area contributed by atoms with Gasteiger partial charge in [0, 0.05) is 17.6 Å². The van der Waals surface area contributed by atoms with Gasteiger partial charge in [-0.05, 0) is 56.3 Å². The van der Waals surface area contributed by atoms with Crippen LogP contribution in [0.5, 0.6) is 0 Å². The third-order valence-corrected chi connectivity index (χ3v) is 4.73. The molecule has 1 saturated heterocycles. The second-order valence-corrected chi connectivity index (χ2v) is 6.54. The molecule has 0 radical (unpaired) electrons. The van der Waals surface area contributed by atoms with E-state index in [2.05, 4.69) is 23.3 Å². The molecule has 2 aromatic rings. The molecule has 2 heterocycles. The summed E-state index contributed by atoms with van der Waals surface area (Å²) < 4.78 is 31.7. The number of benzene rings is 1. The maximum absolute atomic E-state index is 11.6. The average Bonchev–Trinajstić information content (AvgIpc) is 2.89. The number of halogens is 3. The van der Waals surface area contributed by atoms with Crippen molar-refractivity contribution in [2.75, 3.05) is 13.1 Å². The second kappa shape index (κ2) is 7.99. The number of aryl methyl sites for hydroxylation is 2. The Labute approximate surface area is 153 Å². The lowest BCUT2D eigenvalue weighted by atomic mass is 9.87. The summed E-state index contributed by atoms with van der Waals surface area (Å²) in [6.45, 7) is 6.26. The van der Waals surface area contributed by atoms with Crippen LogP contribution in [-0.2, 0) is 4.79 Å². The van der Waals surface area contributed by atoms with E-state index in [9.17, 15) is 18.0 Å². The van der Waals surface area contributed by atoms with Crippen LogP contribution in [0.2, 0.25) is 0 Å². The third kappa shape index (κ3) is 4.60. The number of aromatic nitrogens is 1. The molecule has 0 bridgehead atoms. The van der Waals surface area contributed by atoms with Crippen molar-refractivity contribution in [3.63, 3.8) is 0 Å². The van der Waals surface area contributed by atoms with Crippen LogP contribution in [0.1, 0.15) is 45.9 Å². The number of hydrogen-bond donors (Lipinski definition) is 4. The van der Waals surface area contributed by atoms with E-state index in [4.69, 9.17) is 15.6 Å². The van der Waals surface area contributed by atoms with Crippen LogP contribution in [0, 0.1) is 13.8 Å². The van der Waals surface area contributed by atoms with E-state index in [0.717, 1.165) is 24.3 Å². The molecule has 1 amide bonds. The number of aliphatic carboxylic acids is 1. The van der Waals surface area contributed by atoms with Gasteiger partial charge in [-0.15, -0.1) is 0 Å². The Bertz CT molecular complexity index is 853. The van der Waals surface area contributed by atoms with Gasteiger partial charge < -0.3 is 21.1 Å². The predicted octanol–water partition coefficient (Wildman–Crippen LogP) is 2.98. The number of piperidine rings is 1. The molecule has 1 aliphatic rings. The average molecular weight is 385 g/mol. The zero-order valence-electron chi connectivity index (χ0n) is 15.0. The van der Waals surface area contributed by atoms with Crippen molar-refractivity contribution in [3.8, 4) is 0 Å². The lowest BCUT2D eigenvalue weighted by Gasteiger charge is -2.24. The molecule has 9 heteroatoms. The number of nitrogens with two attached hydrogens (primary N) is 1. The second-order valence-electron chi connectivity index (χ2n) is 6.54. The largest absolute Gasteiger partial charge is 0.490 e. The number of carbonyl (C=O) groups is 2. The van der Waals surface area contributed by atoms with E-state index in [1.165, 1.54) is 29.4 Å². The molecule has 1 fully saturated rings. The number of alkyl halides is 3. The molecule has 6 nitrogen and oxygen atoms in total. The molecule has 148 valence electrons. The molecular weight excluding hydrogens is 363 g/mol. The van der Waals surface area contributed by atoms with Gasteiger partial charge in [0.05, 0.1) is 11.1 Å². The smallest absolute Gasteiger partial charge is 0.475 e. The molecule has 27 heavy (non-hydrogen) atoms. The number of rotatable bonds is 2. The van der Waals surface area contributed by atoms with E-state index < -0.39 is 12.1 Å². The summed E-state index contributed by atoms with van der Waals surface area (Å²) in [5.41, 5.74) is 10.6. The molecule has 0 saturated carbocycles. The van der Waals surface area contributed by atoms with Crippen LogP contribution >= 0.6 is 0 Å². The van der Waals surface area contributed by atoms with Crippen molar-refractivity contribution < 1.29 is 27.9 Å². The van der Waals surface area contributed by atoms with Crippen molar-refractivity contribution in [1.29, 1.82) is 0 Å². The van der Waals surface area contributed by atoms with Crippen LogP contribution in [0.15, 0.2) is 12.1 Å². The lowest BCUT2D eigenvalue weighted by molar-refractivity contribution is -0.192. The summed E-state index contributed by atoms with van der Waals surface area (Å²) in [6.07, 6.45) is -2.69. The van der Waals surface area contributed by atoms with E-state index in [1.54, 1.807) is 0 Å². The highest BCUT2D eigenvalue weighted by molar-refractivity contribution is 6.07. The SMILES string of the molecule is Cc1[nH]c2c(C(N)=O)ccc([C@H]3CCCNC3)c2c1C.O=C(O)C(F)(F)F. The summed E-state index contributed by atoms with van der Waals surface area (Å²) in [5, 5.41) is 11.8. The maximum Gasteiger partial charge on any atom is 0.490 e. The van der Waals surface area contributed by atoms with Crippen molar-refractivity contribution in [3.05, 3.63) is 34.5 Å². The van der Waals surface area contributed by atoms with Gasteiger partial charge in [0.2, 0.25) is 0 Å². The Morgan fingerprint density at radius 3 is 2.37 bits per heavy atom. The highest BCUT2D eigenvalue weighted by atomic mass is 19.4. The topological polar surface area (TPSA) is 108 Å². The van der Waals surface area contributed by atoms with Crippen LogP contribution in [-0.4, -0.2) is 41.2 Å².